The average Bonchev–Trinajstić information content (AvgIpc) is 2.93. The number of rotatable bonds is 9. The van der Waals surface area contributed by atoms with E-state index in [2.05, 4.69) is 26.7 Å². The van der Waals surface area contributed by atoms with Gasteiger partial charge >= 0.3 is 11.7 Å². The maximum Gasteiger partial charge on any atom is 0.353 e. The van der Waals surface area contributed by atoms with Gasteiger partial charge in [-0.05, 0) is 73.0 Å². The van der Waals surface area contributed by atoms with Gasteiger partial charge in [-0.3, -0.25) is 10.1 Å². The number of nitro groups is 1. The first-order chi connectivity index (χ1) is 19.2. The van der Waals surface area contributed by atoms with Crippen molar-refractivity contribution >= 4 is 57.9 Å². The summed E-state index contributed by atoms with van der Waals surface area (Å²) in [5, 5.41) is 28.7. The Kier molecular flexibility index (Phi) is 8.79. The van der Waals surface area contributed by atoms with Gasteiger partial charge in [0.15, 0.2) is 0 Å². The zero-order valence-corrected chi connectivity index (χ0v) is 22.8. The van der Waals surface area contributed by atoms with Gasteiger partial charge in [0.2, 0.25) is 11.6 Å². The van der Waals surface area contributed by atoms with E-state index in [-0.39, 0.29) is 18.2 Å². The van der Waals surface area contributed by atoms with E-state index in [1.165, 1.54) is 18.5 Å². The fourth-order valence-corrected chi connectivity index (χ4v) is 4.34. The number of hydrogen-bond donors (Lipinski definition) is 2. The van der Waals surface area contributed by atoms with E-state index in [4.69, 9.17) is 27.9 Å². The van der Waals surface area contributed by atoms with E-state index in [0.717, 1.165) is 5.56 Å². The third kappa shape index (κ3) is 6.29. The molecule has 0 aliphatic carbocycles. The van der Waals surface area contributed by atoms with Crippen LogP contribution in [0.25, 0.3) is 0 Å². The Morgan fingerprint density at radius 2 is 1.73 bits per heavy atom. The molecule has 0 saturated heterocycles. The van der Waals surface area contributed by atoms with Crippen LogP contribution in [0.1, 0.15) is 39.9 Å². The number of aromatic nitrogens is 2. The van der Waals surface area contributed by atoms with Crippen LogP contribution in [0.5, 0.6) is 0 Å². The number of nitriles is 1. The van der Waals surface area contributed by atoms with Crippen LogP contribution in [0.4, 0.5) is 28.7 Å². The lowest BCUT2D eigenvalue weighted by molar-refractivity contribution is -0.383. The van der Waals surface area contributed by atoms with Gasteiger partial charge in [0, 0.05) is 21.4 Å². The minimum atomic E-state index is -0.642. The van der Waals surface area contributed by atoms with Crippen LogP contribution in [-0.4, -0.2) is 27.5 Å². The molecule has 1 unspecified atom stereocenters. The molecule has 0 spiro atoms. The monoisotopic (exact) mass is 576 g/mol. The Morgan fingerprint density at radius 1 is 1.07 bits per heavy atom. The van der Waals surface area contributed by atoms with E-state index in [1.807, 2.05) is 0 Å². The standard InChI is InChI=1S/C28H22Cl2N6O4/c1-3-40-28(37)18-6-10-20(11-7-18)34-26-25(36(38)39)27(33-15-32-26)35-24-13-23(30)21(12-16(24)2)22(14-31)17-4-8-19(29)9-5-17/h4-13,15,22H,3H2,1-2H3,(H2,32,33,34,35). The van der Waals surface area contributed by atoms with Gasteiger partial charge in [-0.2, -0.15) is 5.26 Å². The summed E-state index contributed by atoms with van der Waals surface area (Å²) in [6.07, 6.45) is 1.18. The molecule has 0 aliphatic rings. The summed E-state index contributed by atoms with van der Waals surface area (Å²) >= 11 is 12.6. The van der Waals surface area contributed by atoms with Gasteiger partial charge in [0.1, 0.15) is 6.33 Å². The molecule has 0 amide bonds. The van der Waals surface area contributed by atoms with Crippen molar-refractivity contribution in [1.29, 1.82) is 5.26 Å². The fourth-order valence-electron chi connectivity index (χ4n) is 3.94. The summed E-state index contributed by atoms with van der Waals surface area (Å²) < 4.78 is 4.97. The number of aryl methyl sites for hydroxylation is 1. The van der Waals surface area contributed by atoms with Crippen LogP contribution >= 0.6 is 23.2 Å². The predicted molar refractivity (Wildman–Crippen MR) is 153 cm³/mol. The van der Waals surface area contributed by atoms with Gasteiger partial charge in [0.05, 0.1) is 29.1 Å². The number of nitrogens with zero attached hydrogens (tertiary/aromatic N) is 4. The Morgan fingerprint density at radius 3 is 2.33 bits per heavy atom. The Balaban J connectivity index is 1.63. The molecule has 202 valence electrons. The fraction of sp³-hybridized carbons (Fsp3) is 0.143. The highest BCUT2D eigenvalue weighted by Gasteiger charge is 2.25. The maximum atomic E-state index is 12.1. The smallest absolute Gasteiger partial charge is 0.353 e. The highest BCUT2D eigenvalue weighted by molar-refractivity contribution is 6.32. The molecule has 12 heteroatoms. The molecule has 10 nitrogen and oxygen atoms in total. The molecule has 1 aromatic heterocycles. The number of anilines is 4. The molecule has 1 heterocycles. The number of carbonyl (C=O) groups excluding carboxylic acids is 1. The number of benzene rings is 3. The predicted octanol–water partition coefficient (Wildman–Crippen LogP) is 7.32. The molecule has 1 atom stereocenters. The Hall–Kier alpha value is -4.72. The first-order valence-corrected chi connectivity index (χ1v) is 12.7. The number of carbonyl (C=O) groups is 1. The summed E-state index contributed by atoms with van der Waals surface area (Å²) in [4.78, 5) is 31.5. The lowest BCUT2D eigenvalue weighted by Crippen LogP contribution is -2.07. The lowest BCUT2D eigenvalue weighted by atomic mass is 9.91. The summed E-state index contributed by atoms with van der Waals surface area (Å²) in [5.41, 5.74) is 2.88. The molecular weight excluding hydrogens is 555 g/mol. The summed E-state index contributed by atoms with van der Waals surface area (Å²) in [6, 6.07) is 18.8. The quantitative estimate of drug-likeness (QED) is 0.119. The largest absolute Gasteiger partial charge is 0.462 e. The van der Waals surface area contributed by atoms with Gasteiger partial charge in [-0.15, -0.1) is 0 Å². The van der Waals surface area contributed by atoms with Crippen LogP contribution in [0, 0.1) is 28.4 Å². The molecule has 0 saturated carbocycles. The average molecular weight is 577 g/mol. The van der Waals surface area contributed by atoms with Crippen molar-refractivity contribution in [2.45, 2.75) is 19.8 Å². The van der Waals surface area contributed by atoms with Gasteiger partial charge in [0.25, 0.3) is 0 Å². The van der Waals surface area contributed by atoms with Crippen molar-refractivity contribution in [3.8, 4) is 6.07 Å². The highest BCUT2D eigenvalue weighted by atomic mass is 35.5. The molecule has 40 heavy (non-hydrogen) atoms. The molecule has 2 N–H and O–H groups in total. The topological polar surface area (TPSA) is 143 Å². The Labute approximate surface area is 239 Å². The SMILES string of the molecule is CCOC(=O)c1ccc(Nc2ncnc(Nc3cc(Cl)c(C(C#N)c4ccc(Cl)cc4)cc3C)c2[N+](=O)[O-])cc1. The zero-order chi connectivity index (χ0) is 28.8. The molecule has 4 rings (SSSR count). The van der Waals surface area contributed by atoms with E-state index >= 15 is 0 Å². The van der Waals surface area contributed by atoms with Crippen molar-refractivity contribution < 1.29 is 14.5 Å². The minimum absolute atomic E-state index is 0.0564. The van der Waals surface area contributed by atoms with Crippen LogP contribution < -0.4 is 10.6 Å². The van der Waals surface area contributed by atoms with Crippen LogP contribution in [0.3, 0.4) is 0 Å². The normalized spacial score (nSPS) is 11.3. The van der Waals surface area contributed by atoms with Gasteiger partial charge in [-0.25, -0.2) is 14.8 Å². The number of ether oxygens (including phenoxy) is 1. The second kappa shape index (κ2) is 12.4. The van der Waals surface area contributed by atoms with Gasteiger partial charge in [-0.1, -0.05) is 41.4 Å². The van der Waals surface area contributed by atoms with Crippen LogP contribution in [0.15, 0.2) is 67.0 Å². The van der Waals surface area contributed by atoms with Crippen molar-refractivity contribution in [1.82, 2.24) is 9.97 Å². The van der Waals surface area contributed by atoms with E-state index in [0.29, 0.717) is 38.1 Å². The highest BCUT2D eigenvalue weighted by Crippen LogP contribution is 2.38. The first-order valence-electron chi connectivity index (χ1n) is 12.0. The van der Waals surface area contributed by atoms with Gasteiger partial charge < -0.3 is 15.4 Å². The number of hydrogen-bond acceptors (Lipinski definition) is 9. The molecule has 0 aliphatic heterocycles. The first kappa shape index (κ1) is 28.3. The number of esters is 1. The third-order valence-corrected chi connectivity index (χ3v) is 6.48. The van der Waals surface area contributed by atoms with Crippen LogP contribution in [-0.2, 0) is 4.74 Å². The third-order valence-electron chi connectivity index (χ3n) is 5.90. The molecule has 0 fully saturated rings. The van der Waals surface area contributed by atoms with Crippen molar-refractivity contribution in [3.63, 3.8) is 0 Å². The van der Waals surface area contributed by atoms with Crippen LogP contribution in [0.2, 0.25) is 10.0 Å². The second-order valence-corrected chi connectivity index (χ2v) is 9.37. The van der Waals surface area contributed by atoms with Crippen molar-refractivity contribution in [3.05, 3.63) is 109 Å². The van der Waals surface area contributed by atoms with Crippen molar-refractivity contribution in [2.75, 3.05) is 17.2 Å². The summed E-state index contributed by atoms with van der Waals surface area (Å²) in [7, 11) is 0. The summed E-state index contributed by atoms with van der Waals surface area (Å²) in [5.74, 6) is -1.23. The van der Waals surface area contributed by atoms with E-state index < -0.39 is 22.5 Å². The molecule has 0 radical (unpaired) electrons. The minimum Gasteiger partial charge on any atom is -0.462 e. The lowest BCUT2D eigenvalue weighted by Gasteiger charge is -2.17. The second-order valence-electron chi connectivity index (χ2n) is 8.53. The van der Waals surface area contributed by atoms with E-state index in [9.17, 15) is 20.2 Å². The molecule has 0 bridgehead atoms. The summed E-state index contributed by atoms with van der Waals surface area (Å²) in [6.45, 7) is 3.74. The molecule has 4 aromatic rings. The van der Waals surface area contributed by atoms with E-state index in [1.54, 1.807) is 62.4 Å². The molecule has 3 aromatic carbocycles. The maximum absolute atomic E-state index is 12.1. The number of halogens is 2. The number of nitrogens with one attached hydrogen (secondary N) is 2. The Bertz CT molecular complexity index is 1610. The zero-order valence-electron chi connectivity index (χ0n) is 21.3. The van der Waals surface area contributed by atoms with Crippen molar-refractivity contribution in [2.24, 2.45) is 0 Å². The molecular formula is C28H22Cl2N6O4.